The first-order valence-corrected chi connectivity index (χ1v) is 5.18. The number of halogens is 1. The Bertz CT molecular complexity index is 523. The molecule has 0 unspecified atom stereocenters. The lowest BCUT2D eigenvalue weighted by molar-refractivity contribution is 0.242. The predicted molar refractivity (Wildman–Crippen MR) is 61.0 cm³/mol. The molecule has 88 valence electrons. The van der Waals surface area contributed by atoms with Crippen molar-refractivity contribution in [3.8, 4) is 0 Å². The fraction of sp³-hybridized carbons (Fsp3) is 0.167. The molecule has 1 amide bonds. The van der Waals surface area contributed by atoms with Gasteiger partial charge in [-0.3, -0.25) is 4.57 Å². The van der Waals surface area contributed by atoms with Crippen LogP contribution in [-0.4, -0.2) is 15.6 Å². The van der Waals surface area contributed by atoms with Gasteiger partial charge in [0.2, 0.25) is 0 Å². The van der Waals surface area contributed by atoms with E-state index in [-0.39, 0.29) is 18.4 Å². The number of carbonyl (C=O) groups excluding carboxylic acids is 1. The van der Waals surface area contributed by atoms with Crippen molar-refractivity contribution >= 4 is 6.03 Å². The number of hydrogen-bond donors (Lipinski definition) is 1. The van der Waals surface area contributed by atoms with E-state index in [1.54, 1.807) is 25.3 Å². The molecule has 1 aromatic carbocycles. The third-order valence-electron chi connectivity index (χ3n) is 2.42. The van der Waals surface area contributed by atoms with Gasteiger partial charge < -0.3 is 5.32 Å². The second kappa shape index (κ2) is 4.78. The van der Waals surface area contributed by atoms with Crippen LogP contribution in [0.3, 0.4) is 0 Å². The maximum Gasteiger partial charge on any atom is 0.327 e. The quantitative estimate of drug-likeness (QED) is 0.863. The molecule has 0 bridgehead atoms. The number of benzene rings is 1. The van der Waals surface area contributed by atoms with Crippen molar-refractivity contribution in [2.24, 2.45) is 0 Å². The number of carbonyl (C=O) groups is 1. The maximum absolute atomic E-state index is 13.2. The molecule has 0 spiro atoms. The Morgan fingerprint density at radius 1 is 1.53 bits per heavy atom. The zero-order chi connectivity index (χ0) is 12.3. The Labute approximate surface area is 98.1 Å². The summed E-state index contributed by atoms with van der Waals surface area (Å²) in [6.45, 7) is 1.98. The van der Waals surface area contributed by atoms with Gasteiger partial charge in [0.15, 0.2) is 0 Å². The summed E-state index contributed by atoms with van der Waals surface area (Å²) >= 11 is 0. The Balaban J connectivity index is 1.98. The molecule has 17 heavy (non-hydrogen) atoms. The first-order chi connectivity index (χ1) is 8.16. The van der Waals surface area contributed by atoms with E-state index in [0.717, 1.165) is 5.56 Å². The van der Waals surface area contributed by atoms with Gasteiger partial charge in [0, 0.05) is 18.9 Å². The number of amides is 1. The molecule has 0 atom stereocenters. The van der Waals surface area contributed by atoms with Crippen LogP contribution in [0.5, 0.6) is 0 Å². The molecule has 0 radical (unpaired) electrons. The highest BCUT2D eigenvalue weighted by Gasteiger charge is 2.04. The summed E-state index contributed by atoms with van der Waals surface area (Å²) in [7, 11) is 0. The van der Waals surface area contributed by atoms with Crippen LogP contribution in [0.1, 0.15) is 11.1 Å². The molecule has 0 aliphatic heterocycles. The molecule has 2 aromatic rings. The second-order valence-electron chi connectivity index (χ2n) is 3.71. The van der Waals surface area contributed by atoms with Gasteiger partial charge in [-0.25, -0.2) is 14.2 Å². The number of nitrogens with zero attached hydrogens (tertiary/aromatic N) is 2. The number of aryl methyl sites for hydroxylation is 1. The molecule has 0 saturated heterocycles. The number of hydrogen-bond acceptors (Lipinski definition) is 2. The lowest BCUT2D eigenvalue weighted by atomic mass is 10.1. The van der Waals surface area contributed by atoms with E-state index in [1.807, 2.05) is 0 Å². The number of rotatable bonds is 2. The van der Waals surface area contributed by atoms with Crippen LogP contribution in [0.4, 0.5) is 9.18 Å². The van der Waals surface area contributed by atoms with Gasteiger partial charge in [0.1, 0.15) is 12.1 Å². The molecule has 0 aliphatic carbocycles. The van der Waals surface area contributed by atoms with E-state index in [2.05, 4.69) is 10.3 Å². The largest absolute Gasteiger partial charge is 0.333 e. The summed E-state index contributed by atoms with van der Waals surface area (Å²) in [5.74, 6) is -0.264. The lowest BCUT2D eigenvalue weighted by Crippen LogP contribution is -2.27. The van der Waals surface area contributed by atoms with Crippen molar-refractivity contribution < 1.29 is 9.18 Å². The average molecular weight is 233 g/mol. The van der Waals surface area contributed by atoms with Crippen molar-refractivity contribution in [3.05, 3.63) is 53.9 Å². The van der Waals surface area contributed by atoms with E-state index in [9.17, 15) is 9.18 Å². The zero-order valence-electron chi connectivity index (χ0n) is 9.35. The van der Waals surface area contributed by atoms with Crippen molar-refractivity contribution in [1.82, 2.24) is 14.9 Å². The first kappa shape index (κ1) is 11.3. The molecule has 0 saturated carbocycles. The summed E-state index contributed by atoms with van der Waals surface area (Å²) in [5, 5.41) is 2.67. The zero-order valence-corrected chi connectivity index (χ0v) is 9.35. The Hall–Kier alpha value is -2.17. The average Bonchev–Trinajstić information content (AvgIpc) is 2.84. The molecule has 0 aliphatic rings. The third kappa shape index (κ3) is 2.69. The van der Waals surface area contributed by atoms with Crippen LogP contribution in [-0.2, 0) is 6.54 Å². The minimum absolute atomic E-state index is 0.264. The Morgan fingerprint density at radius 3 is 3.00 bits per heavy atom. The van der Waals surface area contributed by atoms with Crippen LogP contribution in [0.15, 0.2) is 36.9 Å². The van der Waals surface area contributed by atoms with E-state index < -0.39 is 0 Å². The summed E-state index contributed by atoms with van der Waals surface area (Å²) in [6.07, 6.45) is 4.47. The summed E-state index contributed by atoms with van der Waals surface area (Å²) in [4.78, 5) is 15.3. The fourth-order valence-electron chi connectivity index (χ4n) is 1.39. The van der Waals surface area contributed by atoms with Gasteiger partial charge in [-0.2, -0.15) is 0 Å². The maximum atomic E-state index is 13.2. The molecule has 1 aromatic heterocycles. The summed E-state index contributed by atoms with van der Waals surface area (Å²) in [5.41, 5.74) is 1.32. The molecule has 1 heterocycles. The van der Waals surface area contributed by atoms with Gasteiger partial charge in [0.05, 0.1) is 0 Å². The van der Waals surface area contributed by atoms with Crippen LogP contribution < -0.4 is 5.32 Å². The number of nitrogens with one attached hydrogen (secondary N) is 1. The van der Waals surface area contributed by atoms with Crippen LogP contribution in [0.2, 0.25) is 0 Å². The van der Waals surface area contributed by atoms with E-state index >= 15 is 0 Å². The highest BCUT2D eigenvalue weighted by Crippen LogP contribution is 2.08. The monoisotopic (exact) mass is 233 g/mol. The van der Waals surface area contributed by atoms with E-state index in [1.165, 1.54) is 23.2 Å². The normalized spacial score (nSPS) is 10.2. The molecule has 1 N–H and O–H groups in total. The van der Waals surface area contributed by atoms with Crippen LogP contribution in [0.25, 0.3) is 0 Å². The van der Waals surface area contributed by atoms with Gasteiger partial charge in [-0.15, -0.1) is 0 Å². The second-order valence-corrected chi connectivity index (χ2v) is 3.71. The van der Waals surface area contributed by atoms with Crippen LogP contribution in [0, 0.1) is 12.7 Å². The highest BCUT2D eigenvalue weighted by atomic mass is 19.1. The van der Waals surface area contributed by atoms with Gasteiger partial charge in [0.25, 0.3) is 0 Å². The van der Waals surface area contributed by atoms with E-state index in [0.29, 0.717) is 5.56 Å². The molecule has 0 fully saturated rings. The molecule has 2 rings (SSSR count). The van der Waals surface area contributed by atoms with Crippen molar-refractivity contribution in [3.63, 3.8) is 0 Å². The fourth-order valence-corrected chi connectivity index (χ4v) is 1.39. The van der Waals surface area contributed by atoms with Crippen molar-refractivity contribution in [1.29, 1.82) is 0 Å². The highest BCUT2D eigenvalue weighted by molar-refractivity contribution is 5.76. The number of aromatic nitrogens is 2. The third-order valence-corrected chi connectivity index (χ3v) is 2.42. The summed E-state index contributed by atoms with van der Waals surface area (Å²) in [6, 6.07) is 4.60. The molecular formula is C12H12FN3O. The standard InChI is InChI=1S/C12H12FN3O/c1-9-2-3-10(6-11(9)13)7-15-12(17)16-5-4-14-8-16/h2-6,8H,7H2,1H3,(H,15,17). The van der Waals surface area contributed by atoms with Gasteiger partial charge in [-0.05, 0) is 24.1 Å². The van der Waals surface area contributed by atoms with Gasteiger partial charge >= 0.3 is 6.03 Å². The van der Waals surface area contributed by atoms with Crippen molar-refractivity contribution in [2.45, 2.75) is 13.5 Å². The minimum atomic E-state index is -0.288. The Morgan fingerprint density at radius 2 is 2.35 bits per heavy atom. The predicted octanol–water partition coefficient (Wildman–Crippen LogP) is 2.09. The van der Waals surface area contributed by atoms with Gasteiger partial charge in [-0.1, -0.05) is 12.1 Å². The van der Waals surface area contributed by atoms with Crippen LogP contribution >= 0.6 is 0 Å². The van der Waals surface area contributed by atoms with Crippen molar-refractivity contribution in [2.75, 3.05) is 0 Å². The lowest BCUT2D eigenvalue weighted by Gasteiger charge is -2.06. The Kier molecular flexibility index (Phi) is 3.18. The SMILES string of the molecule is Cc1ccc(CNC(=O)n2ccnc2)cc1F. The molecular weight excluding hydrogens is 221 g/mol. The number of imidazole rings is 1. The van der Waals surface area contributed by atoms with E-state index in [4.69, 9.17) is 0 Å². The summed E-state index contributed by atoms with van der Waals surface area (Å²) < 4.78 is 14.6. The molecule has 5 heteroatoms. The topological polar surface area (TPSA) is 46.9 Å². The smallest absolute Gasteiger partial charge is 0.327 e. The minimum Gasteiger partial charge on any atom is -0.333 e. The first-order valence-electron chi connectivity index (χ1n) is 5.18. The molecule has 4 nitrogen and oxygen atoms in total.